The van der Waals surface area contributed by atoms with Crippen LogP contribution in [-0.4, -0.2) is 10.5 Å². The Hall–Kier alpha value is -2.59. The molecule has 5 heteroatoms. The molecule has 0 aliphatic heterocycles. The van der Waals surface area contributed by atoms with Crippen LogP contribution in [0.3, 0.4) is 0 Å². The highest BCUT2D eigenvalue weighted by Gasteiger charge is 2.10. The van der Waals surface area contributed by atoms with Crippen molar-refractivity contribution >= 4 is 34.1 Å². The lowest BCUT2D eigenvalue weighted by atomic mass is 10.1. The summed E-state index contributed by atoms with van der Waals surface area (Å²) in [7, 11) is 0. The monoisotopic (exact) mass is 340 g/mol. The lowest BCUT2D eigenvalue weighted by Gasteiger charge is -2.14. The summed E-state index contributed by atoms with van der Waals surface area (Å²) in [6.07, 6.45) is 1.63. The molecule has 2 aromatic carbocycles. The van der Waals surface area contributed by atoms with Gasteiger partial charge in [0.1, 0.15) is 6.54 Å². The van der Waals surface area contributed by atoms with E-state index in [-0.39, 0.29) is 17.9 Å². The zero-order chi connectivity index (χ0) is 17.3. The maximum atomic E-state index is 12.4. The summed E-state index contributed by atoms with van der Waals surface area (Å²) in [5.41, 5.74) is 3.43. The minimum atomic E-state index is -0.146. The van der Waals surface area contributed by atoms with Crippen LogP contribution in [0.2, 0.25) is 5.02 Å². The molecular weight excluding hydrogens is 324 g/mol. The Morgan fingerprint density at radius 2 is 1.83 bits per heavy atom. The first kappa shape index (κ1) is 16.3. The molecule has 0 saturated heterocycles. The second-order valence-corrected chi connectivity index (χ2v) is 6.22. The van der Waals surface area contributed by atoms with Crippen LogP contribution in [0, 0.1) is 13.8 Å². The number of amides is 1. The largest absolute Gasteiger partial charge is 0.338 e. The van der Waals surface area contributed by atoms with Gasteiger partial charge in [-0.2, -0.15) is 0 Å². The first-order valence-corrected chi connectivity index (χ1v) is 7.98. The van der Waals surface area contributed by atoms with E-state index < -0.39 is 0 Å². The predicted molar refractivity (Wildman–Crippen MR) is 97.8 cm³/mol. The molecule has 0 unspecified atom stereocenters. The maximum Gasteiger partial charge on any atom is 0.244 e. The summed E-state index contributed by atoms with van der Waals surface area (Å²) >= 11 is 5.96. The molecule has 0 spiro atoms. The minimum absolute atomic E-state index is 0.112. The number of fused-ring (bicyclic) bond motifs is 1. The van der Waals surface area contributed by atoms with Gasteiger partial charge in [-0.3, -0.25) is 9.59 Å². The first-order chi connectivity index (χ1) is 11.5. The van der Waals surface area contributed by atoms with Crippen molar-refractivity contribution in [2.75, 3.05) is 5.32 Å². The number of hydrogen-bond donors (Lipinski definition) is 1. The molecule has 1 aromatic heterocycles. The van der Waals surface area contributed by atoms with Gasteiger partial charge in [0.05, 0.1) is 5.52 Å². The molecule has 24 heavy (non-hydrogen) atoms. The minimum Gasteiger partial charge on any atom is -0.338 e. The number of halogens is 1. The standard InChI is InChI=1S/C19H17ClN2O2/c1-12-4-3-5-13(2)19(12)21-18(24)11-22-9-8-17(23)15-10-14(20)6-7-16(15)22/h3-10H,11H2,1-2H3,(H,21,24). The van der Waals surface area contributed by atoms with Crippen LogP contribution in [0.5, 0.6) is 0 Å². The molecule has 1 amide bonds. The SMILES string of the molecule is Cc1cccc(C)c1NC(=O)Cn1ccc(=O)c2cc(Cl)ccc21. The molecule has 0 aliphatic carbocycles. The number of aryl methyl sites for hydroxylation is 2. The molecule has 3 aromatic rings. The molecule has 4 nitrogen and oxygen atoms in total. The Labute approximate surface area is 144 Å². The Bertz CT molecular complexity index is 972. The number of carbonyl (C=O) groups is 1. The molecule has 1 N–H and O–H groups in total. The van der Waals surface area contributed by atoms with E-state index in [9.17, 15) is 9.59 Å². The molecule has 0 fully saturated rings. The zero-order valence-corrected chi connectivity index (χ0v) is 14.2. The van der Waals surface area contributed by atoms with Crippen LogP contribution in [-0.2, 0) is 11.3 Å². The number of anilines is 1. The van der Waals surface area contributed by atoms with Crippen molar-refractivity contribution in [2.24, 2.45) is 0 Å². The van der Waals surface area contributed by atoms with E-state index in [0.29, 0.717) is 15.9 Å². The summed E-state index contributed by atoms with van der Waals surface area (Å²) in [6, 6.07) is 12.4. The Morgan fingerprint density at radius 1 is 1.12 bits per heavy atom. The van der Waals surface area contributed by atoms with E-state index in [4.69, 9.17) is 11.6 Å². The van der Waals surface area contributed by atoms with Crippen molar-refractivity contribution in [2.45, 2.75) is 20.4 Å². The van der Waals surface area contributed by atoms with Gasteiger partial charge < -0.3 is 9.88 Å². The van der Waals surface area contributed by atoms with E-state index in [1.165, 1.54) is 6.07 Å². The van der Waals surface area contributed by atoms with Gasteiger partial charge in [0.2, 0.25) is 5.91 Å². The van der Waals surface area contributed by atoms with Crippen LogP contribution in [0.4, 0.5) is 5.69 Å². The van der Waals surface area contributed by atoms with E-state index >= 15 is 0 Å². The number of benzene rings is 2. The van der Waals surface area contributed by atoms with E-state index in [0.717, 1.165) is 16.8 Å². The molecule has 0 bridgehead atoms. The van der Waals surface area contributed by atoms with E-state index in [1.54, 1.807) is 29.0 Å². The van der Waals surface area contributed by atoms with E-state index in [2.05, 4.69) is 5.32 Å². The summed E-state index contributed by atoms with van der Waals surface area (Å²) in [5.74, 6) is -0.146. The zero-order valence-electron chi connectivity index (χ0n) is 13.5. The molecule has 0 atom stereocenters. The fraction of sp³-hybridized carbons (Fsp3) is 0.158. The molecule has 1 heterocycles. The lowest BCUT2D eigenvalue weighted by molar-refractivity contribution is -0.116. The second kappa shape index (κ2) is 6.49. The molecule has 0 aliphatic rings. The van der Waals surface area contributed by atoms with Crippen LogP contribution >= 0.6 is 11.6 Å². The third kappa shape index (κ3) is 3.19. The van der Waals surface area contributed by atoms with Crippen LogP contribution in [0.1, 0.15) is 11.1 Å². The third-order valence-corrected chi connectivity index (χ3v) is 4.23. The Kier molecular flexibility index (Phi) is 4.40. The number of aromatic nitrogens is 1. The fourth-order valence-electron chi connectivity index (χ4n) is 2.77. The summed E-state index contributed by atoms with van der Waals surface area (Å²) in [6.45, 7) is 4.03. The molecule has 3 rings (SSSR count). The summed E-state index contributed by atoms with van der Waals surface area (Å²) < 4.78 is 1.75. The van der Waals surface area contributed by atoms with Gasteiger partial charge in [-0.15, -0.1) is 0 Å². The van der Waals surface area contributed by atoms with Gasteiger partial charge in [0, 0.05) is 28.4 Å². The topological polar surface area (TPSA) is 51.1 Å². The third-order valence-electron chi connectivity index (χ3n) is 4.00. The predicted octanol–water partition coefficient (Wildman–Crippen LogP) is 3.91. The van der Waals surface area contributed by atoms with Gasteiger partial charge in [-0.05, 0) is 43.2 Å². The van der Waals surface area contributed by atoms with Crippen molar-refractivity contribution in [3.8, 4) is 0 Å². The van der Waals surface area contributed by atoms with Crippen molar-refractivity contribution in [3.05, 3.63) is 75.0 Å². The van der Waals surface area contributed by atoms with Gasteiger partial charge in [-0.1, -0.05) is 29.8 Å². The van der Waals surface area contributed by atoms with Gasteiger partial charge in [-0.25, -0.2) is 0 Å². The molecule has 0 radical (unpaired) electrons. The van der Waals surface area contributed by atoms with Crippen molar-refractivity contribution < 1.29 is 4.79 Å². The number of rotatable bonds is 3. The quantitative estimate of drug-likeness (QED) is 0.786. The fourth-order valence-corrected chi connectivity index (χ4v) is 2.94. The number of nitrogens with one attached hydrogen (secondary N) is 1. The second-order valence-electron chi connectivity index (χ2n) is 5.78. The highest BCUT2D eigenvalue weighted by atomic mass is 35.5. The highest BCUT2D eigenvalue weighted by Crippen LogP contribution is 2.20. The van der Waals surface area contributed by atoms with Crippen LogP contribution in [0.15, 0.2) is 53.5 Å². The number of para-hydroxylation sites is 1. The average molecular weight is 341 g/mol. The van der Waals surface area contributed by atoms with Crippen molar-refractivity contribution in [1.29, 1.82) is 0 Å². The normalized spacial score (nSPS) is 10.8. The molecule has 122 valence electrons. The van der Waals surface area contributed by atoms with Gasteiger partial charge in [0.25, 0.3) is 0 Å². The van der Waals surface area contributed by atoms with Crippen molar-refractivity contribution in [3.63, 3.8) is 0 Å². The number of hydrogen-bond acceptors (Lipinski definition) is 2. The summed E-state index contributed by atoms with van der Waals surface area (Å²) in [5, 5.41) is 3.96. The Balaban J connectivity index is 1.91. The lowest BCUT2D eigenvalue weighted by Crippen LogP contribution is -2.21. The number of nitrogens with zero attached hydrogens (tertiary/aromatic N) is 1. The smallest absolute Gasteiger partial charge is 0.244 e. The molecule has 0 saturated carbocycles. The first-order valence-electron chi connectivity index (χ1n) is 7.60. The van der Waals surface area contributed by atoms with Gasteiger partial charge in [0.15, 0.2) is 5.43 Å². The van der Waals surface area contributed by atoms with Crippen LogP contribution in [0.25, 0.3) is 10.9 Å². The van der Waals surface area contributed by atoms with Gasteiger partial charge >= 0.3 is 0 Å². The summed E-state index contributed by atoms with van der Waals surface area (Å²) in [4.78, 5) is 24.4. The van der Waals surface area contributed by atoms with Crippen LogP contribution < -0.4 is 10.7 Å². The van der Waals surface area contributed by atoms with E-state index in [1.807, 2.05) is 32.0 Å². The number of carbonyl (C=O) groups excluding carboxylic acids is 1. The molecular formula is C19H17ClN2O2. The number of pyridine rings is 1. The highest BCUT2D eigenvalue weighted by molar-refractivity contribution is 6.31. The average Bonchev–Trinajstić information content (AvgIpc) is 2.54. The van der Waals surface area contributed by atoms with Crippen molar-refractivity contribution in [1.82, 2.24) is 4.57 Å². The Morgan fingerprint density at radius 3 is 2.54 bits per heavy atom. The maximum absolute atomic E-state index is 12.4.